The van der Waals surface area contributed by atoms with E-state index in [2.05, 4.69) is 10.6 Å². The lowest BCUT2D eigenvalue weighted by molar-refractivity contribution is -0.123. The molecule has 2 N–H and O–H groups in total. The van der Waals surface area contributed by atoms with Crippen LogP contribution in [0.1, 0.15) is 55.3 Å². The second kappa shape index (κ2) is 9.37. The first-order valence-corrected chi connectivity index (χ1v) is 9.78. The lowest BCUT2D eigenvalue weighted by Gasteiger charge is -2.20. The molecular formula is C23H29N3O3. The van der Waals surface area contributed by atoms with Gasteiger partial charge in [-0.25, -0.2) is 0 Å². The number of para-hydroxylation sites is 1. The van der Waals surface area contributed by atoms with Crippen LogP contribution in [0, 0.1) is 5.41 Å². The van der Waals surface area contributed by atoms with Gasteiger partial charge in [0.05, 0.1) is 11.3 Å². The number of rotatable bonds is 6. The first kappa shape index (κ1) is 22.1. The van der Waals surface area contributed by atoms with Crippen molar-refractivity contribution < 1.29 is 14.4 Å². The maximum Gasteiger partial charge on any atom is 0.257 e. The SMILES string of the molecule is CCN(CC)C(=O)c1cccc(NC(=O)c2ccccc2NC(=O)C(C)(C)C)c1. The fourth-order valence-corrected chi connectivity index (χ4v) is 2.72. The predicted octanol–water partition coefficient (Wildman–Crippen LogP) is 4.41. The van der Waals surface area contributed by atoms with E-state index < -0.39 is 5.41 Å². The van der Waals surface area contributed by atoms with E-state index in [9.17, 15) is 14.4 Å². The Kier molecular flexibility index (Phi) is 7.15. The Hall–Kier alpha value is -3.15. The van der Waals surface area contributed by atoms with Crippen molar-refractivity contribution in [3.63, 3.8) is 0 Å². The second-order valence-corrected chi connectivity index (χ2v) is 7.76. The number of hydrogen-bond donors (Lipinski definition) is 2. The van der Waals surface area contributed by atoms with Gasteiger partial charge in [0.2, 0.25) is 5.91 Å². The van der Waals surface area contributed by atoms with Gasteiger partial charge in [0, 0.05) is 29.8 Å². The molecule has 0 saturated heterocycles. The van der Waals surface area contributed by atoms with E-state index in [0.717, 1.165) is 0 Å². The zero-order valence-corrected chi connectivity index (χ0v) is 17.7. The van der Waals surface area contributed by atoms with Crippen LogP contribution >= 0.6 is 0 Å². The average Bonchev–Trinajstić information content (AvgIpc) is 2.68. The molecule has 0 bridgehead atoms. The number of hydrogen-bond acceptors (Lipinski definition) is 3. The zero-order chi connectivity index (χ0) is 21.6. The van der Waals surface area contributed by atoms with Crippen LogP contribution in [0.5, 0.6) is 0 Å². The summed E-state index contributed by atoms with van der Waals surface area (Å²) >= 11 is 0. The molecule has 0 aliphatic heterocycles. The van der Waals surface area contributed by atoms with Crippen molar-refractivity contribution in [3.8, 4) is 0 Å². The van der Waals surface area contributed by atoms with Gasteiger partial charge in [0.25, 0.3) is 11.8 Å². The maximum absolute atomic E-state index is 12.8. The molecular weight excluding hydrogens is 366 g/mol. The van der Waals surface area contributed by atoms with Crippen LogP contribution in [0.3, 0.4) is 0 Å². The van der Waals surface area contributed by atoms with Gasteiger partial charge in [-0.15, -0.1) is 0 Å². The Morgan fingerprint density at radius 2 is 1.55 bits per heavy atom. The number of benzene rings is 2. The highest BCUT2D eigenvalue weighted by molar-refractivity contribution is 6.10. The standard InChI is InChI=1S/C23H29N3O3/c1-6-26(7-2)21(28)16-11-10-12-17(15-16)24-20(27)18-13-8-9-14-19(18)25-22(29)23(3,4)5/h8-15H,6-7H2,1-5H3,(H,24,27)(H,25,29). The summed E-state index contributed by atoms with van der Waals surface area (Å²) in [5, 5.41) is 5.64. The van der Waals surface area contributed by atoms with Crippen molar-refractivity contribution in [3.05, 3.63) is 59.7 Å². The summed E-state index contributed by atoms with van der Waals surface area (Å²) in [4.78, 5) is 39.4. The molecule has 0 unspecified atom stereocenters. The molecule has 29 heavy (non-hydrogen) atoms. The minimum Gasteiger partial charge on any atom is -0.339 e. The third-order valence-corrected chi connectivity index (χ3v) is 4.52. The van der Waals surface area contributed by atoms with E-state index >= 15 is 0 Å². The maximum atomic E-state index is 12.8. The summed E-state index contributed by atoms with van der Waals surface area (Å²) in [6.07, 6.45) is 0. The summed E-state index contributed by atoms with van der Waals surface area (Å²) in [6.45, 7) is 10.5. The molecule has 0 atom stereocenters. The van der Waals surface area contributed by atoms with Gasteiger partial charge in [0.15, 0.2) is 0 Å². The molecule has 0 aromatic heterocycles. The van der Waals surface area contributed by atoms with Crippen LogP contribution in [-0.2, 0) is 4.79 Å². The number of amides is 3. The third kappa shape index (κ3) is 5.67. The number of anilines is 2. The molecule has 6 heteroatoms. The van der Waals surface area contributed by atoms with Gasteiger partial charge >= 0.3 is 0 Å². The summed E-state index contributed by atoms with van der Waals surface area (Å²) in [6, 6.07) is 13.7. The van der Waals surface area contributed by atoms with Crippen molar-refractivity contribution in [2.24, 2.45) is 5.41 Å². The number of carbonyl (C=O) groups is 3. The number of carbonyl (C=O) groups excluding carboxylic acids is 3. The third-order valence-electron chi connectivity index (χ3n) is 4.52. The van der Waals surface area contributed by atoms with Crippen molar-refractivity contribution in [1.29, 1.82) is 0 Å². The van der Waals surface area contributed by atoms with Gasteiger partial charge in [-0.3, -0.25) is 14.4 Å². The quantitative estimate of drug-likeness (QED) is 0.761. The molecule has 0 fully saturated rings. The molecule has 6 nitrogen and oxygen atoms in total. The molecule has 0 aliphatic carbocycles. The van der Waals surface area contributed by atoms with Gasteiger partial charge in [-0.1, -0.05) is 39.0 Å². The van der Waals surface area contributed by atoms with E-state index in [4.69, 9.17) is 0 Å². The van der Waals surface area contributed by atoms with Crippen LogP contribution in [0.4, 0.5) is 11.4 Å². The highest BCUT2D eigenvalue weighted by Gasteiger charge is 2.23. The molecule has 0 heterocycles. The fourth-order valence-electron chi connectivity index (χ4n) is 2.72. The Morgan fingerprint density at radius 3 is 2.17 bits per heavy atom. The molecule has 2 aromatic rings. The summed E-state index contributed by atoms with van der Waals surface area (Å²) in [5.41, 5.74) is 1.25. The molecule has 3 amide bonds. The van der Waals surface area contributed by atoms with E-state index in [-0.39, 0.29) is 17.7 Å². The lowest BCUT2D eigenvalue weighted by atomic mass is 9.95. The summed E-state index contributed by atoms with van der Waals surface area (Å²) in [5.74, 6) is -0.615. The summed E-state index contributed by atoms with van der Waals surface area (Å²) < 4.78 is 0. The van der Waals surface area contributed by atoms with Crippen molar-refractivity contribution in [1.82, 2.24) is 4.90 Å². The summed E-state index contributed by atoms with van der Waals surface area (Å²) in [7, 11) is 0. The normalized spacial score (nSPS) is 10.9. The van der Waals surface area contributed by atoms with Crippen molar-refractivity contribution >= 4 is 29.1 Å². The lowest BCUT2D eigenvalue weighted by Crippen LogP contribution is -2.30. The molecule has 0 saturated carbocycles. The average molecular weight is 396 g/mol. The minimum absolute atomic E-state index is 0.0797. The van der Waals surface area contributed by atoms with E-state index in [1.165, 1.54) is 0 Å². The van der Waals surface area contributed by atoms with Crippen LogP contribution in [0.15, 0.2) is 48.5 Å². The molecule has 2 aromatic carbocycles. The highest BCUT2D eigenvalue weighted by atomic mass is 16.2. The van der Waals surface area contributed by atoms with Crippen LogP contribution in [0.2, 0.25) is 0 Å². The Bertz CT molecular complexity index is 896. The van der Waals surface area contributed by atoms with Crippen LogP contribution in [0.25, 0.3) is 0 Å². The first-order valence-electron chi connectivity index (χ1n) is 9.78. The Balaban J connectivity index is 2.23. The predicted molar refractivity (Wildman–Crippen MR) is 116 cm³/mol. The van der Waals surface area contributed by atoms with E-state index in [1.54, 1.807) is 53.4 Å². The monoisotopic (exact) mass is 395 g/mol. The van der Waals surface area contributed by atoms with Crippen molar-refractivity contribution in [2.75, 3.05) is 23.7 Å². The van der Waals surface area contributed by atoms with Gasteiger partial charge < -0.3 is 15.5 Å². The van der Waals surface area contributed by atoms with Gasteiger partial charge in [0.1, 0.15) is 0 Å². The van der Waals surface area contributed by atoms with E-state index in [1.807, 2.05) is 34.6 Å². The van der Waals surface area contributed by atoms with E-state index in [0.29, 0.717) is 35.6 Å². The Labute approximate surface area is 172 Å². The molecule has 2 rings (SSSR count). The first-order chi connectivity index (χ1) is 13.7. The zero-order valence-electron chi connectivity index (χ0n) is 17.7. The van der Waals surface area contributed by atoms with Crippen LogP contribution in [-0.4, -0.2) is 35.7 Å². The Morgan fingerprint density at radius 1 is 0.897 bits per heavy atom. The fraction of sp³-hybridized carbons (Fsp3) is 0.348. The second-order valence-electron chi connectivity index (χ2n) is 7.76. The molecule has 0 radical (unpaired) electrons. The highest BCUT2D eigenvalue weighted by Crippen LogP contribution is 2.22. The number of nitrogens with zero attached hydrogens (tertiary/aromatic N) is 1. The van der Waals surface area contributed by atoms with Gasteiger partial charge in [-0.05, 0) is 44.2 Å². The van der Waals surface area contributed by atoms with Crippen molar-refractivity contribution in [2.45, 2.75) is 34.6 Å². The van der Waals surface area contributed by atoms with Gasteiger partial charge in [-0.2, -0.15) is 0 Å². The van der Waals surface area contributed by atoms with Crippen LogP contribution < -0.4 is 10.6 Å². The smallest absolute Gasteiger partial charge is 0.257 e. The minimum atomic E-state index is -0.581. The molecule has 0 spiro atoms. The largest absolute Gasteiger partial charge is 0.339 e. The molecule has 154 valence electrons. The number of nitrogens with one attached hydrogen (secondary N) is 2. The molecule has 0 aliphatic rings. The topological polar surface area (TPSA) is 78.5 Å².